The summed E-state index contributed by atoms with van der Waals surface area (Å²) in [6.45, 7) is 6.21. The third-order valence-corrected chi connectivity index (χ3v) is 3.51. The predicted octanol–water partition coefficient (Wildman–Crippen LogP) is 3.78. The molecule has 0 unspecified atom stereocenters. The van der Waals surface area contributed by atoms with Crippen LogP contribution >= 0.6 is 15.9 Å². The van der Waals surface area contributed by atoms with Crippen LogP contribution in [0.2, 0.25) is 0 Å². The van der Waals surface area contributed by atoms with Crippen molar-refractivity contribution in [1.29, 1.82) is 0 Å². The van der Waals surface area contributed by atoms with Gasteiger partial charge in [-0.2, -0.15) is 0 Å². The Labute approximate surface area is 126 Å². The SMILES string of the molecule is CNc1nc(-c2ccc(F)cn2)nc(C(C)(C)C)c1Br. The molecule has 0 amide bonds. The predicted molar refractivity (Wildman–Crippen MR) is 81.2 cm³/mol. The quantitative estimate of drug-likeness (QED) is 0.905. The Kier molecular flexibility index (Phi) is 4.04. The number of anilines is 1. The molecular weight excluding hydrogens is 323 g/mol. The van der Waals surface area contributed by atoms with E-state index in [0.717, 1.165) is 16.4 Å². The van der Waals surface area contributed by atoms with Gasteiger partial charge < -0.3 is 5.32 Å². The average molecular weight is 339 g/mol. The third-order valence-electron chi connectivity index (χ3n) is 2.75. The number of pyridine rings is 1. The zero-order valence-corrected chi connectivity index (χ0v) is 13.4. The number of halogens is 2. The van der Waals surface area contributed by atoms with E-state index < -0.39 is 0 Å². The first-order valence-electron chi connectivity index (χ1n) is 6.20. The molecule has 0 aromatic carbocycles. The van der Waals surface area contributed by atoms with Gasteiger partial charge in [0.1, 0.15) is 17.3 Å². The fourth-order valence-electron chi connectivity index (χ4n) is 1.73. The van der Waals surface area contributed by atoms with Crippen LogP contribution < -0.4 is 5.32 Å². The monoisotopic (exact) mass is 338 g/mol. The highest BCUT2D eigenvalue weighted by molar-refractivity contribution is 9.10. The summed E-state index contributed by atoms with van der Waals surface area (Å²) in [5.74, 6) is 0.782. The Bertz CT molecular complexity index is 620. The van der Waals surface area contributed by atoms with E-state index in [1.54, 1.807) is 13.1 Å². The molecule has 2 heterocycles. The van der Waals surface area contributed by atoms with E-state index in [4.69, 9.17) is 0 Å². The zero-order valence-electron chi connectivity index (χ0n) is 11.8. The van der Waals surface area contributed by atoms with Gasteiger partial charge in [-0.25, -0.2) is 19.3 Å². The van der Waals surface area contributed by atoms with Gasteiger partial charge in [0.25, 0.3) is 0 Å². The molecule has 0 aliphatic carbocycles. The van der Waals surface area contributed by atoms with E-state index >= 15 is 0 Å². The molecule has 4 nitrogen and oxygen atoms in total. The third kappa shape index (κ3) is 2.95. The van der Waals surface area contributed by atoms with Crippen LogP contribution in [0, 0.1) is 5.82 Å². The molecule has 106 valence electrons. The summed E-state index contributed by atoms with van der Waals surface area (Å²) in [5, 5.41) is 3.03. The van der Waals surface area contributed by atoms with E-state index in [0.29, 0.717) is 17.3 Å². The summed E-state index contributed by atoms with van der Waals surface area (Å²) in [6.07, 6.45) is 1.16. The van der Waals surface area contributed by atoms with Gasteiger partial charge in [-0.1, -0.05) is 20.8 Å². The Morgan fingerprint density at radius 2 is 1.90 bits per heavy atom. The summed E-state index contributed by atoms with van der Waals surface area (Å²) in [5.41, 5.74) is 1.26. The molecule has 6 heteroatoms. The minimum Gasteiger partial charge on any atom is -0.372 e. The van der Waals surface area contributed by atoms with Crippen molar-refractivity contribution >= 4 is 21.7 Å². The molecule has 1 N–H and O–H groups in total. The molecule has 0 saturated carbocycles. The number of hydrogen-bond donors (Lipinski definition) is 1. The number of rotatable bonds is 2. The van der Waals surface area contributed by atoms with E-state index in [2.05, 4.69) is 57.0 Å². The maximum atomic E-state index is 13.0. The van der Waals surface area contributed by atoms with Crippen molar-refractivity contribution in [2.45, 2.75) is 26.2 Å². The molecule has 0 radical (unpaired) electrons. The smallest absolute Gasteiger partial charge is 0.180 e. The lowest BCUT2D eigenvalue weighted by Crippen LogP contribution is -2.17. The number of aromatic nitrogens is 3. The van der Waals surface area contributed by atoms with Gasteiger partial charge in [-0.05, 0) is 28.1 Å². The highest BCUT2D eigenvalue weighted by atomic mass is 79.9. The van der Waals surface area contributed by atoms with Gasteiger partial charge in [0.15, 0.2) is 5.82 Å². The molecule has 2 aromatic rings. The van der Waals surface area contributed by atoms with Crippen LogP contribution in [0.4, 0.5) is 10.2 Å². The minimum absolute atomic E-state index is 0.151. The van der Waals surface area contributed by atoms with E-state index in [-0.39, 0.29) is 11.2 Å². The van der Waals surface area contributed by atoms with Gasteiger partial charge >= 0.3 is 0 Å². The van der Waals surface area contributed by atoms with Crippen LogP contribution in [0.5, 0.6) is 0 Å². The molecule has 0 saturated heterocycles. The first-order valence-corrected chi connectivity index (χ1v) is 7.00. The molecule has 20 heavy (non-hydrogen) atoms. The molecule has 2 aromatic heterocycles. The largest absolute Gasteiger partial charge is 0.372 e. The van der Waals surface area contributed by atoms with Crippen LogP contribution in [0.1, 0.15) is 26.5 Å². The number of nitrogens with one attached hydrogen (secondary N) is 1. The molecule has 2 rings (SSSR count). The molecule has 0 fully saturated rings. The van der Waals surface area contributed by atoms with Crippen molar-refractivity contribution in [1.82, 2.24) is 15.0 Å². The maximum Gasteiger partial charge on any atom is 0.180 e. The lowest BCUT2D eigenvalue weighted by molar-refractivity contribution is 0.564. The van der Waals surface area contributed by atoms with Gasteiger partial charge in [0.2, 0.25) is 0 Å². The summed E-state index contributed by atoms with van der Waals surface area (Å²) in [4.78, 5) is 13.0. The second-order valence-corrected chi connectivity index (χ2v) is 6.21. The van der Waals surface area contributed by atoms with Crippen LogP contribution in [0.25, 0.3) is 11.5 Å². The molecule has 0 atom stereocenters. The normalized spacial score (nSPS) is 11.5. The first kappa shape index (κ1) is 14.8. The highest BCUT2D eigenvalue weighted by Gasteiger charge is 2.23. The maximum absolute atomic E-state index is 13.0. The van der Waals surface area contributed by atoms with Crippen LogP contribution in [-0.2, 0) is 5.41 Å². The van der Waals surface area contributed by atoms with Gasteiger partial charge in [-0.3, -0.25) is 0 Å². The number of hydrogen-bond acceptors (Lipinski definition) is 4. The van der Waals surface area contributed by atoms with Crippen LogP contribution in [0.15, 0.2) is 22.8 Å². The minimum atomic E-state index is -0.379. The molecule has 0 bridgehead atoms. The summed E-state index contributed by atoms with van der Waals surface area (Å²) in [6, 6.07) is 2.92. The molecule has 0 aliphatic rings. The Hall–Kier alpha value is -1.56. The van der Waals surface area contributed by atoms with Crippen molar-refractivity contribution in [3.63, 3.8) is 0 Å². The fourth-order valence-corrected chi connectivity index (χ4v) is 2.70. The molecule has 0 spiro atoms. The standard InChI is InChI=1S/C14H16BrFN4/c1-14(2,3)11-10(15)13(17-4)20-12(19-11)9-6-5-8(16)7-18-9/h5-7H,1-4H3,(H,17,19,20). The van der Waals surface area contributed by atoms with Crippen molar-refractivity contribution < 1.29 is 4.39 Å². The van der Waals surface area contributed by atoms with Crippen molar-refractivity contribution in [3.05, 3.63) is 34.3 Å². The fraction of sp³-hybridized carbons (Fsp3) is 0.357. The van der Waals surface area contributed by atoms with Crippen molar-refractivity contribution in [2.75, 3.05) is 12.4 Å². The van der Waals surface area contributed by atoms with E-state index in [9.17, 15) is 4.39 Å². The Morgan fingerprint density at radius 3 is 2.40 bits per heavy atom. The number of nitrogens with zero attached hydrogens (tertiary/aromatic N) is 3. The lowest BCUT2D eigenvalue weighted by Gasteiger charge is -2.21. The zero-order chi connectivity index (χ0) is 14.9. The molecular formula is C14H16BrFN4. The molecule has 0 aliphatic heterocycles. The van der Waals surface area contributed by atoms with E-state index in [1.165, 1.54) is 6.07 Å². The second-order valence-electron chi connectivity index (χ2n) is 5.42. The topological polar surface area (TPSA) is 50.7 Å². The Balaban J connectivity index is 2.63. The van der Waals surface area contributed by atoms with Crippen molar-refractivity contribution in [3.8, 4) is 11.5 Å². The summed E-state index contributed by atoms with van der Waals surface area (Å²) >= 11 is 3.53. The summed E-state index contributed by atoms with van der Waals surface area (Å²) in [7, 11) is 1.79. The van der Waals surface area contributed by atoms with Gasteiger partial charge in [0, 0.05) is 12.5 Å². The average Bonchev–Trinajstić information content (AvgIpc) is 2.38. The van der Waals surface area contributed by atoms with Gasteiger partial charge in [-0.15, -0.1) is 0 Å². The first-order chi connectivity index (χ1) is 9.32. The second kappa shape index (κ2) is 5.44. The van der Waals surface area contributed by atoms with E-state index in [1.807, 2.05) is 0 Å². The van der Waals surface area contributed by atoms with Gasteiger partial charge in [0.05, 0.1) is 16.4 Å². The Morgan fingerprint density at radius 1 is 1.20 bits per heavy atom. The van der Waals surface area contributed by atoms with Crippen LogP contribution in [0.3, 0.4) is 0 Å². The lowest BCUT2D eigenvalue weighted by atomic mass is 9.92. The highest BCUT2D eigenvalue weighted by Crippen LogP contribution is 2.33. The van der Waals surface area contributed by atoms with Crippen molar-refractivity contribution in [2.24, 2.45) is 0 Å². The van der Waals surface area contributed by atoms with Crippen LogP contribution in [-0.4, -0.2) is 22.0 Å². The summed E-state index contributed by atoms with van der Waals surface area (Å²) < 4.78 is 13.8.